The van der Waals surface area contributed by atoms with Crippen molar-refractivity contribution in [2.75, 3.05) is 11.9 Å². The second-order valence-electron chi connectivity index (χ2n) is 3.50. The lowest BCUT2D eigenvalue weighted by molar-refractivity contribution is 0.683. The molecule has 0 amide bonds. The van der Waals surface area contributed by atoms with Gasteiger partial charge in [0.05, 0.1) is 11.3 Å². The molecule has 2 rings (SSSR count). The zero-order valence-electron chi connectivity index (χ0n) is 9.67. The van der Waals surface area contributed by atoms with Crippen LogP contribution >= 0.6 is 0 Å². The molecule has 1 atom stereocenters. The van der Waals surface area contributed by atoms with Gasteiger partial charge in [-0.25, -0.2) is 0 Å². The molecule has 1 aromatic rings. The van der Waals surface area contributed by atoms with E-state index in [1.165, 1.54) is 5.56 Å². The minimum absolute atomic E-state index is 0.574. The summed E-state index contributed by atoms with van der Waals surface area (Å²) in [7, 11) is 0. The third kappa shape index (κ3) is 2.30. The zero-order valence-corrected chi connectivity index (χ0v) is 9.67. The van der Waals surface area contributed by atoms with Crippen molar-refractivity contribution in [1.82, 2.24) is 0 Å². The first-order chi connectivity index (χ1) is 7.33. The molecule has 15 heavy (non-hydrogen) atoms. The summed E-state index contributed by atoms with van der Waals surface area (Å²) in [6, 6.07) is 8.14. The fourth-order valence-corrected chi connectivity index (χ4v) is 1.84. The minimum atomic E-state index is 0.574. The molecule has 2 heteroatoms. The van der Waals surface area contributed by atoms with Crippen molar-refractivity contribution >= 4 is 5.69 Å². The Hall–Kier alpha value is -1.49. The summed E-state index contributed by atoms with van der Waals surface area (Å²) in [5, 5.41) is 12.2. The van der Waals surface area contributed by atoms with Crippen LogP contribution in [0.3, 0.4) is 0 Å². The van der Waals surface area contributed by atoms with E-state index in [4.69, 9.17) is 5.26 Å². The molecule has 0 bridgehead atoms. The van der Waals surface area contributed by atoms with Gasteiger partial charge in [0.2, 0.25) is 0 Å². The zero-order chi connectivity index (χ0) is 11.3. The van der Waals surface area contributed by atoms with E-state index in [1.54, 1.807) is 0 Å². The number of benzene rings is 1. The molecule has 1 heterocycles. The molecule has 1 aromatic carbocycles. The predicted octanol–water partition coefficient (Wildman–Crippen LogP) is 3.50. The van der Waals surface area contributed by atoms with Crippen LogP contribution in [0, 0.1) is 11.3 Å². The maximum atomic E-state index is 8.89. The summed E-state index contributed by atoms with van der Waals surface area (Å²) >= 11 is 0. The molecule has 1 unspecified atom stereocenters. The van der Waals surface area contributed by atoms with Crippen LogP contribution < -0.4 is 5.32 Å². The molecule has 0 saturated heterocycles. The highest BCUT2D eigenvalue weighted by Crippen LogP contribution is 2.33. The van der Waals surface area contributed by atoms with Gasteiger partial charge in [-0.15, -0.1) is 0 Å². The lowest BCUT2D eigenvalue weighted by atomic mass is 9.91. The highest BCUT2D eigenvalue weighted by molar-refractivity contribution is 5.64. The van der Waals surface area contributed by atoms with Crippen LogP contribution in [0.15, 0.2) is 18.2 Å². The Morgan fingerprint density at radius 1 is 1.40 bits per heavy atom. The third-order valence-corrected chi connectivity index (χ3v) is 2.63. The smallest absolute Gasteiger partial charge is 0.101 e. The van der Waals surface area contributed by atoms with Gasteiger partial charge in [-0.05, 0) is 24.0 Å². The van der Waals surface area contributed by atoms with Crippen LogP contribution in [0.5, 0.6) is 0 Å². The number of hydrogen-bond acceptors (Lipinski definition) is 2. The van der Waals surface area contributed by atoms with Gasteiger partial charge in [0.15, 0.2) is 0 Å². The van der Waals surface area contributed by atoms with Gasteiger partial charge >= 0.3 is 0 Å². The maximum absolute atomic E-state index is 8.89. The average Bonchev–Trinajstić information content (AvgIpc) is 2.32. The lowest BCUT2D eigenvalue weighted by Crippen LogP contribution is -2.15. The van der Waals surface area contributed by atoms with Gasteiger partial charge in [0.1, 0.15) is 6.07 Å². The van der Waals surface area contributed by atoms with E-state index in [-0.39, 0.29) is 0 Å². The summed E-state index contributed by atoms with van der Waals surface area (Å²) in [4.78, 5) is 0. The first-order valence-corrected chi connectivity index (χ1v) is 5.60. The van der Waals surface area contributed by atoms with Crippen molar-refractivity contribution in [3.05, 3.63) is 29.3 Å². The summed E-state index contributed by atoms with van der Waals surface area (Å²) in [6.07, 6.45) is 1.15. The molecule has 0 spiro atoms. The van der Waals surface area contributed by atoms with Crippen LogP contribution in [-0.2, 0) is 0 Å². The number of nitrogens with zero attached hydrogens (tertiary/aromatic N) is 1. The van der Waals surface area contributed by atoms with Crippen molar-refractivity contribution < 1.29 is 0 Å². The first-order valence-electron chi connectivity index (χ1n) is 5.60. The van der Waals surface area contributed by atoms with Crippen LogP contribution in [0.2, 0.25) is 0 Å². The monoisotopic (exact) mass is 202 g/mol. The van der Waals surface area contributed by atoms with E-state index < -0.39 is 0 Å². The maximum Gasteiger partial charge on any atom is 0.101 e. The topological polar surface area (TPSA) is 35.8 Å². The van der Waals surface area contributed by atoms with E-state index in [2.05, 4.69) is 24.4 Å². The molecular weight excluding hydrogens is 184 g/mol. The number of rotatable bonds is 0. The molecule has 2 nitrogen and oxygen atoms in total. The van der Waals surface area contributed by atoms with Gasteiger partial charge < -0.3 is 5.32 Å². The largest absolute Gasteiger partial charge is 0.384 e. The SMILES string of the molecule is CC.CC1CCNc2c(C#N)cccc21. The van der Waals surface area contributed by atoms with Crippen molar-refractivity contribution in [3.8, 4) is 6.07 Å². The highest BCUT2D eigenvalue weighted by Gasteiger charge is 2.17. The van der Waals surface area contributed by atoms with Gasteiger partial charge in [0.25, 0.3) is 0 Å². The second kappa shape index (κ2) is 5.41. The fourth-order valence-electron chi connectivity index (χ4n) is 1.84. The number of hydrogen-bond donors (Lipinski definition) is 1. The molecule has 0 saturated carbocycles. The second-order valence-corrected chi connectivity index (χ2v) is 3.50. The summed E-state index contributed by atoms with van der Waals surface area (Å²) in [6.45, 7) is 7.19. The molecule has 1 aliphatic heterocycles. The molecule has 0 radical (unpaired) electrons. The van der Waals surface area contributed by atoms with E-state index in [9.17, 15) is 0 Å². The van der Waals surface area contributed by atoms with Crippen molar-refractivity contribution in [3.63, 3.8) is 0 Å². The Kier molecular flexibility index (Phi) is 4.17. The fraction of sp³-hybridized carbons (Fsp3) is 0.462. The molecule has 0 aliphatic carbocycles. The van der Waals surface area contributed by atoms with Gasteiger partial charge in [-0.1, -0.05) is 32.9 Å². The van der Waals surface area contributed by atoms with Gasteiger partial charge in [-0.3, -0.25) is 0 Å². The van der Waals surface area contributed by atoms with E-state index in [1.807, 2.05) is 26.0 Å². The van der Waals surface area contributed by atoms with Crippen molar-refractivity contribution in [2.45, 2.75) is 33.1 Å². The Morgan fingerprint density at radius 2 is 2.13 bits per heavy atom. The summed E-state index contributed by atoms with van der Waals surface area (Å²) < 4.78 is 0. The third-order valence-electron chi connectivity index (χ3n) is 2.63. The molecule has 80 valence electrons. The first kappa shape index (κ1) is 11.6. The Labute approximate surface area is 91.9 Å². The number of fused-ring (bicyclic) bond motifs is 1. The number of para-hydroxylation sites is 1. The Balaban J connectivity index is 0.000000531. The lowest BCUT2D eigenvalue weighted by Gasteiger charge is -2.24. The number of nitriles is 1. The van der Waals surface area contributed by atoms with Crippen LogP contribution in [0.4, 0.5) is 5.69 Å². The highest BCUT2D eigenvalue weighted by atomic mass is 14.9. The molecule has 1 N–H and O–H groups in total. The molecule has 0 aromatic heterocycles. The van der Waals surface area contributed by atoms with Crippen LogP contribution in [0.1, 0.15) is 44.2 Å². The van der Waals surface area contributed by atoms with E-state index in [0.29, 0.717) is 5.92 Å². The summed E-state index contributed by atoms with van der Waals surface area (Å²) in [5.74, 6) is 0.574. The summed E-state index contributed by atoms with van der Waals surface area (Å²) in [5.41, 5.74) is 3.10. The number of anilines is 1. The van der Waals surface area contributed by atoms with Crippen molar-refractivity contribution in [2.24, 2.45) is 0 Å². The van der Waals surface area contributed by atoms with E-state index in [0.717, 1.165) is 24.2 Å². The predicted molar refractivity (Wildman–Crippen MR) is 64.0 cm³/mol. The van der Waals surface area contributed by atoms with E-state index >= 15 is 0 Å². The van der Waals surface area contributed by atoms with Crippen LogP contribution in [0.25, 0.3) is 0 Å². The number of nitrogens with one attached hydrogen (secondary N) is 1. The van der Waals surface area contributed by atoms with Gasteiger partial charge in [-0.2, -0.15) is 5.26 Å². The average molecular weight is 202 g/mol. The van der Waals surface area contributed by atoms with Gasteiger partial charge in [0, 0.05) is 6.54 Å². The minimum Gasteiger partial charge on any atom is -0.384 e. The Morgan fingerprint density at radius 3 is 2.80 bits per heavy atom. The van der Waals surface area contributed by atoms with Crippen LogP contribution in [-0.4, -0.2) is 6.54 Å². The molecule has 0 fully saturated rings. The van der Waals surface area contributed by atoms with Crippen molar-refractivity contribution in [1.29, 1.82) is 5.26 Å². The molecule has 1 aliphatic rings. The Bertz CT molecular complexity index is 363. The quantitative estimate of drug-likeness (QED) is 0.699. The standard InChI is InChI=1S/C11H12N2.C2H6/c1-8-5-6-13-11-9(7-12)3-2-4-10(8)11;1-2/h2-4,8,13H,5-6H2,1H3;1-2H3. The molecular formula is C13H18N2. The normalized spacial score (nSPS) is 17.6.